The van der Waals surface area contributed by atoms with E-state index in [-0.39, 0.29) is 5.97 Å². The molecule has 0 radical (unpaired) electrons. The molecule has 2 rings (SSSR count). The third kappa shape index (κ3) is 8.34. The SMILES string of the molecule is CCOC(=O)C(Cc1ccc(N=CCCc2cccc(OS(C)(=O)=O)c2)cc1)OC. The van der Waals surface area contributed by atoms with Crippen molar-refractivity contribution in [1.82, 2.24) is 0 Å². The highest BCUT2D eigenvalue weighted by Crippen LogP contribution is 2.17. The summed E-state index contributed by atoms with van der Waals surface area (Å²) in [6.07, 6.45) is 4.04. The highest BCUT2D eigenvalue weighted by Gasteiger charge is 2.19. The maximum Gasteiger partial charge on any atom is 0.335 e. The molecule has 8 heteroatoms. The molecule has 0 bridgehead atoms. The van der Waals surface area contributed by atoms with E-state index in [4.69, 9.17) is 13.7 Å². The van der Waals surface area contributed by atoms with Gasteiger partial charge in [-0.25, -0.2) is 4.79 Å². The number of hydrogen-bond acceptors (Lipinski definition) is 7. The first-order valence-corrected chi connectivity index (χ1v) is 11.4. The number of nitrogens with zero attached hydrogens (tertiary/aromatic N) is 1. The number of aryl methyl sites for hydroxylation is 1. The lowest BCUT2D eigenvalue weighted by Crippen LogP contribution is -2.27. The minimum atomic E-state index is -3.54. The van der Waals surface area contributed by atoms with Crippen LogP contribution >= 0.6 is 0 Å². The van der Waals surface area contributed by atoms with Gasteiger partial charge < -0.3 is 13.7 Å². The molecular weight excluding hydrogens is 406 g/mol. The number of carbonyl (C=O) groups excluding carboxylic acids is 1. The minimum absolute atomic E-state index is 0.305. The second-order valence-electron chi connectivity index (χ2n) is 6.63. The lowest BCUT2D eigenvalue weighted by Gasteiger charge is -2.13. The van der Waals surface area contributed by atoms with Crippen LogP contribution in [0, 0.1) is 0 Å². The van der Waals surface area contributed by atoms with Gasteiger partial charge in [0.2, 0.25) is 0 Å². The van der Waals surface area contributed by atoms with E-state index in [1.165, 1.54) is 7.11 Å². The summed E-state index contributed by atoms with van der Waals surface area (Å²) in [7, 11) is -2.05. The molecule has 0 fully saturated rings. The van der Waals surface area contributed by atoms with Gasteiger partial charge in [-0.3, -0.25) is 4.99 Å². The molecule has 0 N–H and O–H groups in total. The smallest absolute Gasteiger partial charge is 0.335 e. The van der Waals surface area contributed by atoms with E-state index in [1.807, 2.05) is 36.5 Å². The van der Waals surface area contributed by atoms with Gasteiger partial charge in [-0.15, -0.1) is 0 Å². The average Bonchev–Trinajstić information content (AvgIpc) is 2.69. The third-order valence-corrected chi connectivity index (χ3v) is 4.64. The third-order valence-electron chi connectivity index (χ3n) is 4.14. The van der Waals surface area contributed by atoms with Gasteiger partial charge in [0.1, 0.15) is 5.75 Å². The number of carbonyl (C=O) groups is 1. The maximum atomic E-state index is 11.8. The second kappa shape index (κ2) is 11.5. The first-order chi connectivity index (χ1) is 14.3. The molecule has 7 nitrogen and oxygen atoms in total. The Morgan fingerprint density at radius 1 is 1.13 bits per heavy atom. The van der Waals surface area contributed by atoms with Gasteiger partial charge in [0, 0.05) is 19.7 Å². The Kier molecular flexibility index (Phi) is 9.01. The summed E-state index contributed by atoms with van der Waals surface area (Å²) in [4.78, 5) is 16.3. The molecule has 0 saturated heterocycles. The van der Waals surface area contributed by atoms with E-state index in [0.717, 1.165) is 23.1 Å². The lowest BCUT2D eigenvalue weighted by molar-refractivity contribution is -0.154. The second-order valence-corrected chi connectivity index (χ2v) is 8.21. The molecule has 2 aromatic rings. The van der Waals surface area contributed by atoms with Gasteiger partial charge >= 0.3 is 16.1 Å². The molecule has 2 aromatic carbocycles. The lowest BCUT2D eigenvalue weighted by atomic mass is 10.1. The predicted octanol–water partition coefficient (Wildman–Crippen LogP) is 3.48. The molecule has 0 amide bonds. The number of hydrogen-bond donors (Lipinski definition) is 0. The number of methoxy groups -OCH3 is 1. The molecule has 0 heterocycles. The van der Waals surface area contributed by atoms with Crippen LogP contribution in [0.3, 0.4) is 0 Å². The summed E-state index contributed by atoms with van der Waals surface area (Å²) >= 11 is 0. The molecule has 30 heavy (non-hydrogen) atoms. The maximum absolute atomic E-state index is 11.8. The zero-order valence-corrected chi connectivity index (χ0v) is 18.2. The topological polar surface area (TPSA) is 91.3 Å². The number of rotatable bonds is 11. The van der Waals surface area contributed by atoms with Crippen LogP contribution in [0.25, 0.3) is 0 Å². The molecule has 0 aliphatic rings. The number of ether oxygens (including phenoxy) is 2. The van der Waals surface area contributed by atoms with Gasteiger partial charge in [0.25, 0.3) is 0 Å². The van der Waals surface area contributed by atoms with Crippen molar-refractivity contribution in [2.24, 2.45) is 4.99 Å². The zero-order valence-electron chi connectivity index (χ0n) is 17.4. The van der Waals surface area contributed by atoms with E-state index < -0.39 is 16.2 Å². The molecule has 0 saturated carbocycles. The van der Waals surface area contributed by atoms with E-state index in [9.17, 15) is 13.2 Å². The number of benzene rings is 2. The highest BCUT2D eigenvalue weighted by molar-refractivity contribution is 7.86. The van der Waals surface area contributed by atoms with Gasteiger partial charge in [-0.1, -0.05) is 24.3 Å². The van der Waals surface area contributed by atoms with Crippen LogP contribution in [-0.2, 0) is 37.2 Å². The van der Waals surface area contributed by atoms with Crippen molar-refractivity contribution < 1.29 is 26.9 Å². The molecule has 1 unspecified atom stereocenters. The van der Waals surface area contributed by atoms with Crippen molar-refractivity contribution in [3.05, 3.63) is 59.7 Å². The minimum Gasteiger partial charge on any atom is -0.464 e. The Morgan fingerprint density at radius 2 is 1.87 bits per heavy atom. The summed E-state index contributed by atoms with van der Waals surface area (Å²) in [6.45, 7) is 2.08. The summed E-state index contributed by atoms with van der Waals surface area (Å²) < 4.78 is 37.5. The number of esters is 1. The number of aliphatic imine (C=N–C) groups is 1. The summed E-state index contributed by atoms with van der Waals surface area (Å²) in [5, 5.41) is 0. The molecule has 0 aliphatic heterocycles. The van der Waals surface area contributed by atoms with E-state index in [2.05, 4.69) is 4.99 Å². The van der Waals surface area contributed by atoms with E-state index in [0.29, 0.717) is 31.6 Å². The molecule has 0 aromatic heterocycles. The van der Waals surface area contributed by atoms with Gasteiger partial charge in [-0.2, -0.15) is 8.42 Å². The molecule has 1 atom stereocenters. The van der Waals surface area contributed by atoms with Gasteiger partial charge in [0.15, 0.2) is 6.10 Å². The largest absolute Gasteiger partial charge is 0.464 e. The van der Waals surface area contributed by atoms with Crippen molar-refractivity contribution in [2.45, 2.75) is 32.3 Å². The predicted molar refractivity (Wildman–Crippen MR) is 116 cm³/mol. The van der Waals surface area contributed by atoms with Crippen LogP contribution in [0.15, 0.2) is 53.5 Å². The molecule has 0 aliphatic carbocycles. The van der Waals surface area contributed by atoms with Crippen molar-refractivity contribution in [1.29, 1.82) is 0 Å². The fraction of sp³-hybridized carbons (Fsp3) is 0.364. The van der Waals surface area contributed by atoms with E-state index >= 15 is 0 Å². The van der Waals surface area contributed by atoms with E-state index in [1.54, 1.807) is 25.1 Å². The molecule has 0 spiro atoms. The summed E-state index contributed by atoms with van der Waals surface area (Å²) in [6, 6.07) is 14.6. The van der Waals surface area contributed by atoms with Crippen LogP contribution in [0.1, 0.15) is 24.5 Å². The highest BCUT2D eigenvalue weighted by atomic mass is 32.2. The van der Waals surface area contributed by atoms with Gasteiger partial charge in [0.05, 0.1) is 18.6 Å². The van der Waals surface area contributed by atoms with Crippen LogP contribution in [-0.4, -0.2) is 46.7 Å². The monoisotopic (exact) mass is 433 g/mol. The normalized spacial score (nSPS) is 12.6. The Bertz CT molecular complexity index is 954. The fourth-order valence-electron chi connectivity index (χ4n) is 2.76. The average molecular weight is 434 g/mol. The van der Waals surface area contributed by atoms with Crippen molar-refractivity contribution in [3.8, 4) is 5.75 Å². The van der Waals surface area contributed by atoms with Crippen molar-refractivity contribution in [2.75, 3.05) is 20.0 Å². The Balaban J connectivity index is 1.87. The first-order valence-electron chi connectivity index (χ1n) is 9.60. The van der Waals surface area contributed by atoms with Crippen LogP contribution in [0.4, 0.5) is 5.69 Å². The quantitative estimate of drug-likeness (QED) is 0.306. The first kappa shape index (κ1) is 23.6. The summed E-state index contributed by atoms with van der Waals surface area (Å²) in [5.74, 6) is -0.0622. The van der Waals surface area contributed by atoms with Crippen molar-refractivity contribution >= 4 is 28.0 Å². The standard InChI is InChI=1S/C22H27NO6S/c1-4-28-22(24)21(27-2)16-18-10-12-19(13-11-18)23-14-6-8-17-7-5-9-20(15-17)29-30(3,25)26/h5,7,9-15,21H,4,6,8,16H2,1-3H3. The molecule has 162 valence electrons. The Labute approximate surface area is 177 Å². The van der Waals surface area contributed by atoms with Crippen molar-refractivity contribution in [3.63, 3.8) is 0 Å². The zero-order chi connectivity index (χ0) is 22.0. The molecular formula is C22H27NO6S. The van der Waals surface area contributed by atoms with Crippen LogP contribution < -0.4 is 4.18 Å². The fourth-order valence-corrected chi connectivity index (χ4v) is 3.21. The summed E-state index contributed by atoms with van der Waals surface area (Å²) in [5.41, 5.74) is 2.72. The van der Waals surface area contributed by atoms with Crippen LogP contribution in [0.5, 0.6) is 5.75 Å². The Hall–Kier alpha value is -2.71. The van der Waals surface area contributed by atoms with Crippen LogP contribution in [0.2, 0.25) is 0 Å². The van der Waals surface area contributed by atoms with Gasteiger partial charge in [-0.05, 0) is 55.2 Å². The Morgan fingerprint density at radius 3 is 2.50 bits per heavy atom.